The van der Waals surface area contributed by atoms with Crippen LogP contribution in [0.5, 0.6) is 0 Å². The standard InChI is InChI=1S/C15H17ClFNO4S/c1-2-22-15(19)11-5-3-4-6-14(11)23(20,21)18-13-8-7-10(17)9-12(13)16/h5,7-9,14,18H,2-4,6H2,1H3/t14-/m1/s1/i3D2,5D. The quantitative estimate of drug-likeness (QED) is 0.814. The summed E-state index contributed by atoms with van der Waals surface area (Å²) in [6.45, 7) is 1.46. The number of sulfonamides is 1. The molecule has 126 valence electrons. The van der Waals surface area contributed by atoms with Gasteiger partial charge in [0, 0.05) is 2.74 Å². The van der Waals surface area contributed by atoms with Crippen LogP contribution in [0.3, 0.4) is 0 Å². The van der Waals surface area contributed by atoms with Gasteiger partial charge in [-0.2, -0.15) is 0 Å². The van der Waals surface area contributed by atoms with Crippen molar-refractivity contribution in [2.24, 2.45) is 0 Å². The van der Waals surface area contributed by atoms with Crippen molar-refractivity contribution in [3.63, 3.8) is 0 Å². The first kappa shape index (κ1) is 13.8. The van der Waals surface area contributed by atoms with Crippen LogP contribution in [0.1, 0.15) is 30.3 Å². The van der Waals surface area contributed by atoms with Crippen molar-refractivity contribution in [1.82, 2.24) is 0 Å². The van der Waals surface area contributed by atoms with Crippen molar-refractivity contribution < 1.29 is 26.5 Å². The van der Waals surface area contributed by atoms with E-state index in [9.17, 15) is 17.6 Å². The van der Waals surface area contributed by atoms with Crippen molar-refractivity contribution in [1.29, 1.82) is 0 Å². The van der Waals surface area contributed by atoms with E-state index in [1.165, 1.54) is 6.92 Å². The summed E-state index contributed by atoms with van der Waals surface area (Å²) in [7, 11) is -4.27. The normalized spacial score (nSPS) is 22.7. The number of allylic oxidation sites excluding steroid dienone is 1. The second-order valence-electron chi connectivity index (χ2n) is 4.73. The maximum atomic E-state index is 13.1. The van der Waals surface area contributed by atoms with Crippen LogP contribution in [-0.4, -0.2) is 26.2 Å². The molecular weight excluding hydrogens is 345 g/mol. The predicted molar refractivity (Wildman–Crippen MR) is 86.3 cm³/mol. The number of benzene rings is 1. The molecule has 1 aromatic carbocycles. The Morgan fingerprint density at radius 3 is 3.00 bits per heavy atom. The van der Waals surface area contributed by atoms with Crippen LogP contribution in [0.2, 0.25) is 5.02 Å². The predicted octanol–water partition coefficient (Wildman–Crippen LogP) is 3.26. The van der Waals surface area contributed by atoms with Crippen LogP contribution in [0, 0.1) is 5.82 Å². The number of nitrogens with one attached hydrogen (secondary N) is 1. The van der Waals surface area contributed by atoms with Crippen molar-refractivity contribution in [3.05, 3.63) is 40.7 Å². The Balaban J connectivity index is 2.46. The van der Waals surface area contributed by atoms with Crippen LogP contribution in [-0.2, 0) is 19.6 Å². The largest absolute Gasteiger partial charge is 0.463 e. The summed E-state index contributed by atoms with van der Waals surface area (Å²) < 4.78 is 69.2. The molecule has 23 heavy (non-hydrogen) atoms. The van der Waals surface area contributed by atoms with Gasteiger partial charge in [-0.05, 0) is 44.3 Å². The highest BCUT2D eigenvalue weighted by molar-refractivity contribution is 7.93. The van der Waals surface area contributed by atoms with E-state index in [-0.39, 0.29) is 30.2 Å². The van der Waals surface area contributed by atoms with Gasteiger partial charge in [0.05, 0.1) is 24.3 Å². The number of rotatable bonds is 5. The third-order valence-corrected chi connectivity index (χ3v) is 5.17. The summed E-state index contributed by atoms with van der Waals surface area (Å²) in [5, 5.41) is -1.66. The summed E-state index contributed by atoms with van der Waals surface area (Å²) in [6.07, 6.45) is -2.61. The highest BCUT2D eigenvalue weighted by atomic mass is 35.5. The van der Waals surface area contributed by atoms with E-state index in [4.69, 9.17) is 20.5 Å². The molecule has 2 rings (SSSR count). The van der Waals surface area contributed by atoms with E-state index in [1.54, 1.807) is 0 Å². The van der Waals surface area contributed by atoms with Gasteiger partial charge < -0.3 is 4.74 Å². The van der Waals surface area contributed by atoms with Crippen LogP contribution in [0.25, 0.3) is 0 Å². The number of hydrogen-bond acceptors (Lipinski definition) is 4. The third-order valence-electron chi connectivity index (χ3n) is 3.13. The Morgan fingerprint density at radius 1 is 1.61 bits per heavy atom. The van der Waals surface area contributed by atoms with Gasteiger partial charge in [0.2, 0.25) is 10.0 Å². The Morgan fingerprint density at radius 2 is 2.35 bits per heavy atom. The highest BCUT2D eigenvalue weighted by Gasteiger charge is 2.35. The minimum absolute atomic E-state index is 0.0530. The number of esters is 1. The Hall–Kier alpha value is -1.60. The molecule has 8 heteroatoms. The minimum atomic E-state index is -4.27. The van der Waals surface area contributed by atoms with E-state index in [0.717, 1.165) is 18.2 Å². The van der Waals surface area contributed by atoms with Gasteiger partial charge in [0.1, 0.15) is 11.1 Å². The second-order valence-corrected chi connectivity index (χ2v) is 7.00. The topological polar surface area (TPSA) is 72.5 Å². The molecule has 0 aliphatic heterocycles. The molecule has 0 spiro atoms. The molecule has 0 unspecified atom stereocenters. The number of halogens is 2. The lowest BCUT2D eigenvalue weighted by atomic mass is 9.99. The zero-order valence-corrected chi connectivity index (χ0v) is 13.8. The highest BCUT2D eigenvalue weighted by Crippen LogP contribution is 2.30. The first-order chi connectivity index (χ1) is 12.0. The van der Waals surface area contributed by atoms with Gasteiger partial charge >= 0.3 is 5.97 Å². The van der Waals surface area contributed by atoms with Crippen LogP contribution in [0.4, 0.5) is 10.1 Å². The van der Waals surface area contributed by atoms with E-state index in [1.807, 2.05) is 0 Å². The SMILES string of the molecule is [2H]C1=C(C(=O)OCC)[C@H](S(=O)(=O)Nc2ccc(F)cc2Cl)CCC1([2H])[2H]. The molecule has 0 radical (unpaired) electrons. The summed E-state index contributed by atoms with van der Waals surface area (Å²) >= 11 is 5.83. The van der Waals surface area contributed by atoms with E-state index in [2.05, 4.69) is 4.72 Å². The Kier molecular flexibility index (Phi) is 4.39. The minimum Gasteiger partial charge on any atom is -0.463 e. The summed E-state index contributed by atoms with van der Waals surface area (Å²) in [5.41, 5.74) is -0.634. The second kappa shape index (κ2) is 7.31. The molecule has 1 aliphatic carbocycles. The summed E-state index contributed by atoms with van der Waals surface area (Å²) in [5.74, 6) is -1.70. The van der Waals surface area contributed by atoms with Gasteiger partial charge in [-0.25, -0.2) is 17.6 Å². The van der Waals surface area contributed by atoms with Gasteiger partial charge in [-0.3, -0.25) is 4.72 Å². The number of anilines is 1. The fraction of sp³-hybridized carbons (Fsp3) is 0.400. The number of hydrogen-bond donors (Lipinski definition) is 1. The molecule has 0 heterocycles. The average Bonchev–Trinajstić information content (AvgIpc) is 2.52. The maximum Gasteiger partial charge on any atom is 0.335 e. The zero-order valence-electron chi connectivity index (χ0n) is 15.2. The molecule has 5 nitrogen and oxygen atoms in total. The lowest BCUT2D eigenvalue weighted by Crippen LogP contribution is -2.34. The Labute approximate surface area is 143 Å². The monoisotopic (exact) mass is 364 g/mol. The van der Waals surface area contributed by atoms with E-state index >= 15 is 0 Å². The van der Waals surface area contributed by atoms with Gasteiger partial charge in [-0.15, -0.1) is 0 Å². The first-order valence-electron chi connectivity index (χ1n) is 8.34. The summed E-state index contributed by atoms with van der Waals surface area (Å²) in [4.78, 5) is 12.2. The van der Waals surface area contributed by atoms with Crippen molar-refractivity contribution in [2.45, 2.75) is 31.4 Å². The van der Waals surface area contributed by atoms with Crippen LogP contribution in [0.15, 0.2) is 29.8 Å². The fourth-order valence-corrected chi connectivity index (χ4v) is 3.87. The van der Waals surface area contributed by atoms with Gasteiger partial charge in [0.15, 0.2) is 0 Å². The molecule has 0 saturated carbocycles. The molecule has 0 saturated heterocycles. The average molecular weight is 365 g/mol. The lowest BCUT2D eigenvalue weighted by Gasteiger charge is -2.24. The van der Waals surface area contributed by atoms with E-state index in [0.29, 0.717) is 0 Å². The van der Waals surface area contributed by atoms with Crippen molar-refractivity contribution in [2.75, 3.05) is 11.3 Å². The van der Waals surface area contributed by atoms with Crippen LogP contribution >= 0.6 is 11.6 Å². The third kappa shape index (κ3) is 4.23. The van der Waals surface area contributed by atoms with E-state index < -0.39 is 45.1 Å². The molecule has 0 bridgehead atoms. The lowest BCUT2D eigenvalue weighted by molar-refractivity contribution is -0.138. The molecular formula is C15H17ClFNO4S. The molecule has 1 aliphatic rings. The Bertz CT molecular complexity index is 860. The summed E-state index contributed by atoms with van der Waals surface area (Å²) in [6, 6.07) is 2.35. The molecule has 1 aromatic rings. The zero-order chi connectivity index (χ0) is 19.7. The smallest absolute Gasteiger partial charge is 0.335 e. The molecule has 0 amide bonds. The molecule has 0 aromatic heterocycles. The number of carbonyl (C=O) groups excluding carboxylic acids is 1. The fourth-order valence-electron chi connectivity index (χ4n) is 2.08. The maximum absolute atomic E-state index is 13.1. The number of ether oxygens (including phenoxy) is 1. The van der Waals surface area contributed by atoms with Gasteiger partial charge in [0.25, 0.3) is 0 Å². The van der Waals surface area contributed by atoms with Crippen molar-refractivity contribution in [3.8, 4) is 0 Å². The number of carbonyl (C=O) groups is 1. The molecule has 0 fully saturated rings. The van der Waals surface area contributed by atoms with Crippen molar-refractivity contribution >= 4 is 33.3 Å². The molecule has 1 N–H and O–H groups in total. The molecule has 1 atom stereocenters. The van der Waals surface area contributed by atoms with Gasteiger partial charge in [-0.1, -0.05) is 17.7 Å². The van der Waals surface area contributed by atoms with Crippen LogP contribution < -0.4 is 4.72 Å². The first-order valence-corrected chi connectivity index (χ1v) is 8.77.